The number of rotatable bonds is 5. The van der Waals surface area contributed by atoms with Crippen LogP contribution in [0.3, 0.4) is 0 Å². The molecule has 3 aromatic rings. The van der Waals surface area contributed by atoms with Crippen molar-refractivity contribution in [1.82, 2.24) is 5.32 Å². The minimum absolute atomic E-state index is 0.0977. The van der Waals surface area contributed by atoms with Gasteiger partial charge in [-0.15, -0.1) is 0 Å². The van der Waals surface area contributed by atoms with Crippen molar-refractivity contribution in [2.24, 2.45) is 0 Å². The maximum absolute atomic E-state index is 13.0. The molecular formula is C22H14ClN3O7. The average molecular weight is 468 g/mol. The summed E-state index contributed by atoms with van der Waals surface area (Å²) in [5.74, 6) is -0.764. The topological polar surface area (TPSA) is 132 Å². The number of amides is 4. The number of benzene rings is 2. The van der Waals surface area contributed by atoms with Crippen LogP contribution in [-0.4, -0.2) is 29.9 Å². The molecule has 2 heterocycles. The highest BCUT2D eigenvalue weighted by atomic mass is 35.5. The number of imide groups is 2. The Morgan fingerprint density at radius 3 is 2.45 bits per heavy atom. The number of furan rings is 1. The van der Waals surface area contributed by atoms with Gasteiger partial charge in [-0.05, 0) is 48.5 Å². The van der Waals surface area contributed by atoms with E-state index in [1.165, 1.54) is 55.7 Å². The van der Waals surface area contributed by atoms with E-state index in [0.29, 0.717) is 11.3 Å². The van der Waals surface area contributed by atoms with Crippen LogP contribution in [-0.2, 0) is 9.59 Å². The van der Waals surface area contributed by atoms with Gasteiger partial charge in [-0.1, -0.05) is 11.6 Å². The first-order valence-electron chi connectivity index (χ1n) is 9.38. The molecule has 11 heteroatoms. The Morgan fingerprint density at radius 2 is 1.82 bits per heavy atom. The molecule has 0 spiro atoms. The summed E-state index contributed by atoms with van der Waals surface area (Å²) in [5.41, 5.74) is 0.141. The number of non-ortho nitro benzene ring substituents is 1. The Bertz CT molecular complexity index is 1330. The van der Waals surface area contributed by atoms with Gasteiger partial charge in [0.2, 0.25) is 0 Å². The van der Waals surface area contributed by atoms with Gasteiger partial charge >= 0.3 is 6.03 Å². The first kappa shape index (κ1) is 21.8. The van der Waals surface area contributed by atoms with Crippen LogP contribution in [0.1, 0.15) is 5.76 Å². The first-order chi connectivity index (χ1) is 15.8. The summed E-state index contributed by atoms with van der Waals surface area (Å²) in [7, 11) is 1.48. The predicted octanol–water partition coefficient (Wildman–Crippen LogP) is 4.18. The summed E-state index contributed by atoms with van der Waals surface area (Å²) in [4.78, 5) is 48.7. The van der Waals surface area contributed by atoms with Crippen LogP contribution >= 0.6 is 11.6 Å². The maximum atomic E-state index is 13.0. The van der Waals surface area contributed by atoms with Crippen LogP contribution in [0, 0.1) is 10.1 Å². The molecule has 1 saturated heterocycles. The lowest BCUT2D eigenvalue weighted by atomic mass is 10.1. The summed E-state index contributed by atoms with van der Waals surface area (Å²) >= 11 is 6.13. The van der Waals surface area contributed by atoms with E-state index in [2.05, 4.69) is 5.32 Å². The molecule has 0 saturated carbocycles. The molecule has 0 atom stereocenters. The zero-order valence-electron chi connectivity index (χ0n) is 16.9. The van der Waals surface area contributed by atoms with Crippen molar-refractivity contribution in [2.75, 3.05) is 12.0 Å². The van der Waals surface area contributed by atoms with Crippen molar-refractivity contribution in [3.8, 4) is 17.1 Å². The summed E-state index contributed by atoms with van der Waals surface area (Å²) in [6.45, 7) is 0. The highest BCUT2D eigenvalue weighted by molar-refractivity contribution is 6.39. The summed E-state index contributed by atoms with van der Waals surface area (Å²) < 4.78 is 10.7. The number of urea groups is 1. The van der Waals surface area contributed by atoms with E-state index in [0.717, 1.165) is 4.90 Å². The van der Waals surface area contributed by atoms with E-state index >= 15 is 0 Å². The largest absolute Gasteiger partial charge is 0.497 e. The van der Waals surface area contributed by atoms with Crippen molar-refractivity contribution in [3.63, 3.8) is 0 Å². The highest BCUT2D eigenvalue weighted by Crippen LogP contribution is 2.33. The minimum atomic E-state index is -0.884. The zero-order chi connectivity index (χ0) is 23.7. The third-order valence-corrected chi connectivity index (χ3v) is 5.09. The molecule has 1 aliphatic rings. The first-order valence-corrected chi connectivity index (χ1v) is 9.76. The number of halogens is 1. The molecule has 1 aliphatic heterocycles. The molecule has 1 aromatic heterocycles. The number of barbiturate groups is 1. The van der Waals surface area contributed by atoms with Crippen molar-refractivity contribution < 1.29 is 28.5 Å². The van der Waals surface area contributed by atoms with Crippen LogP contribution in [0.2, 0.25) is 5.02 Å². The number of carbonyl (C=O) groups is 3. The number of nitrogens with zero attached hydrogens (tertiary/aromatic N) is 2. The lowest BCUT2D eigenvalue weighted by Gasteiger charge is -2.26. The SMILES string of the molecule is COc1ccc(N2C(=O)NC(=O)/C(=C/c3ccc(-c4ccc([N+](=O)[O-])cc4Cl)o3)C2=O)cc1. The van der Waals surface area contributed by atoms with E-state index in [4.69, 9.17) is 20.8 Å². The molecule has 2 aromatic carbocycles. The molecule has 33 heavy (non-hydrogen) atoms. The van der Waals surface area contributed by atoms with Crippen molar-refractivity contribution in [3.05, 3.63) is 81.1 Å². The van der Waals surface area contributed by atoms with E-state index in [9.17, 15) is 24.5 Å². The van der Waals surface area contributed by atoms with Gasteiger partial charge in [0, 0.05) is 17.7 Å². The fourth-order valence-corrected chi connectivity index (χ4v) is 3.43. The number of carbonyl (C=O) groups excluding carboxylic acids is 3. The Labute approximate surface area is 191 Å². The molecule has 0 radical (unpaired) electrons. The molecular weight excluding hydrogens is 454 g/mol. The summed E-state index contributed by atoms with van der Waals surface area (Å²) in [6.07, 6.45) is 1.20. The Balaban J connectivity index is 1.65. The van der Waals surface area contributed by atoms with Gasteiger partial charge in [0.05, 0.1) is 22.7 Å². The molecule has 0 aliphatic carbocycles. The number of methoxy groups -OCH3 is 1. The number of anilines is 1. The Morgan fingerprint density at radius 1 is 1.09 bits per heavy atom. The van der Waals surface area contributed by atoms with E-state index in [1.54, 1.807) is 12.1 Å². The Kier molecular flexibility index (Phi) is 5.67. The van der Waals surface area contributed by atoms with E-state index < -0.39 is 22.8 Å². The van der Waals surface area contributed by atoms with Gasteiger partial charge in [-0.2, -0.15) is 0 Å². The highest BCUT2D eigenvalue weighted by Gasteiger charge is 2.37. The Hall–Kier alpha value is -4.44. The number of ether oxygens (including phenoxy) is 1. The smallest absolute Gasteiger partial charge is 0.335 e. The molecule has 1 N–H and O–H groups in total. The number of hydrogen-bond acceptors (Lipinski definition) is 7. The van der Waals surface area contributed by atoms with E-state index in [-0.39, 0.29) is 33.5 Å². The van der Waals surface area contributed by atoms with Gasteiger partial charge in [0.25, 0.3) is 17.5 Å². The number of hydrogen-bond donors (Lipinski definition) is 1. The van der Waals surface area contributed by atoms with Crippen LogP contribution in [0.15, 0.2) is 64.6 Å². The molecule has 0 unspecified atom stereocenters. The van der Waals surface area contributed by atoms with Gasteiger partial charge in [-0.25, -0.2) is 9.69 Å². The fourth-order valence-electron chi connectivity index (χ4n) is 3.16. The number of nitrogens with one attached hydrogen (secondary N) is 1. The lowest BCUT2D eigenvalue weighted by molar-refractivity contribution is -0.384. The molecule has 0 bridgehead atoms. The van der Waals surface area contributed by atoms with Crippen molar-refractivity contribution in [2.45, 2.75) is 0 Å². The maximum Gasteiger partial charge on any atom is 0.335 e. The summed E-state index contributed by atoms with van der Waals surface area (Å²) in [5, 5.41) is 13.1. The van der Waals surface area contributed by atoms with Crippen LogP contribution < -0.4 is 15.0 Å². The number of nitro benzene ring substituents is 1. The second-order valence-electron chi connectivity index (χ2n) is 6.78. The molecule has 4 rings (SSSR count). The standard InChI is InChI=1S/C22H14ClN3O7/c1-32-14-5-2-12(3-6-14)25-21(28)17(20(27)24-22(25)29)11-15-7-9-19(33-15)16-8-4-13(26(30)31)10-18(16)23/h2-11H,1H3,(H,24,27,29)/b17-11-. The van der Waals surface area contributed by atoms with Gasteiger partial charge in [0.1, 0.15) is 22.8 Å². The monoisotopic (exact) mass is 467 g/mol. The van der Waals surface area contributed by atoms with E-state index in [1.807, 2.05) is 0 Å². The van der Waals surface area contributed by atoms with Crippen LogP contribution in [0.5, 0.6) is 5.75 Å². The summed E-state index contributed by atoms with van der Waals surface area (Å²) in [6, 6.07) is 12.2. The minimum Gasteiger partial charge on any atom is -0.497 e. The van der Waals surface area contributed by atoms with Gasteiger partial charge in [0.15, 0.2) is 0 Å². The fraction of sp³-hybridized carbons (Fsp3) is 0.0455. The second-order valence-corrected chi connectivity index (χ2v) is 7.19. The quantitative estimate of drug-likeness (QED) is 0.257. The van der Waals surface area contributed by atoms with Crippen molar-refractivity contribution in [1.29, 1.82) is 0 Å². The van der Waals surface area contributed by atoms with Crippen LogP contribution in [0.25, 0.3) is 17.4 Å². The molecule has 4 amide bonds. The molecule has 166 valence electrons. The normalized spacial score (nSPS) is 15.0. The molecule has 10 nitrogen and oxygen atoms in total. The third-order valence-electron chi connectivity index (χ3n) is 4.77. The lowest BCUT2D eigenvalue weighted by Crippen LogP contribution is -2.54. The van der Waals surface area contributed by atoms with Gasteiger partial charge < -0.3 is 9.15 Å². The predicted molar refractivity (Wildman–Crippen MR) is 118 cm³/mol. The average Bonchev–Trinajstić information content (AvgIpc) is 3.25. The van der Waals surface area contributed by atoms with Gasteiger partial charge in [-0.3, -0.25) is 25.0 Å². The van der Waals surface area contributed by atoms with Crippen LogP contribution in [0.4, 0.5) is 16.2 Å². The zero-order valence-corrected chi connectivity index (χ0v) is 17.7. The third kappa shape index (κ3) is 4.19. The van der Waals surface area contributed by atoms with Crippen molar-refractivity contribution >= 4 is 46.9 Å². The molecule has 1 fully saturated rings. The second kappa shape index (κ2) is 8.60. The number of nitro groups is 1.